The molecular weight excluding hydrogens is 1450 g/mol. The minimum absolute atomic E-state index is 0.0775. The normalized spacial score (nSPS) is 26.6. The molecule has 12 heterocycles. The standard InChI is InChI=1S/C31H44FN5O2.C30H42FN5O2.C29H39F2N5O/c1-21(2)28-19-39-11-10-35(28)17-26-15-33-22(3)16-36(26)18-29(38)37-20-31(4,5)30-27(37)13-24(14-34-30)12-23-6-8-25(32)9-7-23;1-20-14-34(26(13-32-20)15-35-21(2)17-38-18-22(35)3)16-28(37)36-19-30(4,5)29-27(36)11-24(12-33-29)10-23-6-8-25(31)9-7-23;1-20-15-35(25(14-32-20)17-34-10-4-5-24(31)16-34)18-27(37)36-19-29(2,3)28-26(36)12-22(13-33-28)11-21-6-8-23(30)9-7-21/h6-9,13-14,21-22,26,28,33H,10-12,15-20H2,1-5H3;6-9,11-12,20-22,26,32H,10,13-19H2,1-5H3;6-9,12-13,20,24-25,32H,4-5,10-11,14-19H2,1-3H3/t22-,26-,28+;20-,21-,22-,26-;20-,24-,25-/m111/s1. The number of carbonyl (C=O) groups excluding carboxylic acids is 3. The van der Waals surface area contributed by atoms with Crippen LogP contribution >= 0.6 is 0 Å². The van der Waals surface area contributed by atoms with Crippen molar-refractivity contribution >= 4 is 34.8 Å². The number of fused-ring (bicyclic) bond motifs is 3. The van der Waals surface area contributed by atoms with Gasteiger partial charge in [-0.25, -0.2) is 17.6 Å². The highest BCUT2D eigenvalue weighted by Crippen LogP contribution is 2.43. The predicted molar refractivity (Wildman–Crippen MR) is 443 cm³/mol. The minimum Gasteiger partial charge on any atom is -0.378 e. The van der Waals surface area contributed by atoms with E-state index in [-0.39, 0.29) is 69.5 Å². The number of piperidine rings is 1. The molecule has 3 aromatic carbocycles. The Bertz CT molecular complexity index is 4240. The fourth-order valence-electron chi connectivity index (χ4n) is 18.7. The molecule has 9 aliphatic heterocycles. The molecule has 3 aromatic heterocycles. The SMILES string of the molecule is CC(C)[C@@H]1COCCN1C[C@H]1CN[C@H](C)CN1CC(=O)N1CC(C)(C)c2ncc(Cc3ccc(F)cc3)cc21.C[C@@H]1CN(CC(=O)N2CC(C)(C)c3ncc(Cc4ccc(F)cc4)cc32)[C@@H](CN2CCC[C@@H](F)C2)CN1.C[C@@H]1CN(CC(=O)N2CC(C)(C)c3ncc(Cc4ccc(F)cc4)cc32)[C@@H](CN2[C@H](C)COC[C@H]2C)CN1. The molecule has 6 saturated heterocycles. The average molecular weight is 1570 g/mol. The smallest absolute Gasteiger partial charge is 0.241 e. The van der Waals surface area contributed by atoms with Crippen LogP contribution in [0.25, 0.3) is 0 Å². The number of carbonyl (C=O) groups is 3. The van der Waals surface area contributed by atoms with E-state index in [1.54, 1.807) is 36.4 Å². The van der Waals surface area contributed by atoms with Gasteiger partial charge in [-0.2, -0.15) is 0 Å². The molecule has 114 heavy (non-hydrogen) atoms. The van der Waals surface area contributed by atoms with Gasteiger partial charge in [0.1, 0.15) is 23.6 Å². The lowest BCUT2D eigenvalue weighted by atomic mass is 9.91. The lowest BCUT2D eigenvalue weighted by molar-refractivity contribution is -0.122. The number of likely N-dealkylation sites (tertiary alicyclic amines) is 1. The first-order valence-electron chi connectivity index (χ1n) is 42.0. The summed E-state index contributed by atoms with van der Waals surface area (Å²) in [5.74, 6) is 0.128. The zero-order valence-corrected chi connectivity index (χ0v) is 69.8. The van der Waals surface area contributed by atoms with Crippen LogP contribution in [0.5, 0.6) is 0 Å². The third-order valence-corrected chi connectivity index (χ3v) is 25.0. The van der Waals surface area contributed by atoms with Crippen LogP contribution < -0.4 is 30.7 Å². The number of halogens is 4. The summed E-state index contributed by atoms with van der Waals surface area (Å²) in [6, 6.07) is 28.8. The minimum atomic E-state index is -0.751. The molecule has 0 spiro atoms. The van der Waals surface area contributed by atoms with Gasteiger partial charge in [0.15, 0.2) is 0 Å². The highest BCUT2D eigenvalue weighted by atomic mass is 19.1. The molecule has 0 radical (unpaired) electrons. The van der Waals surface area contributed by atoms with Gasteiger partial charge in [-0.15, -0.1) is 0 Å². The Kier molecular flexibility index (Phi) is 27.3. The first-order valence-corrected chi connectivity index (χ1v) is 42.0. The van der Waals surface area contributed by atoms with E-state index in [4.69, 9.17) is 24.4 Å². The van der Waals surface area contributed by atoms with Crippen LogP contribution in [-0.4, -0.2) is 267 Å². The largest absolute Gasteiger partial charge is 0.378 e. The molecule has 618 valence electrons. The highest BCUT2D eigenvalue weighted by molar-refractivity contribution is 5.99. The van der Waals surface area contributed by atoms with Gasteiger partial charge in [-0.1, -0.05) is 91.8 Å². The summed E-state index contributed by atoms with van der Waals surface area (Å²) >= 11 is 0. The number of ether oxygens (including phenoxy) is 2. The van der Waals surface area contributed by atoms with E-state index in [9.17, 15) is 31.9 Å². The third kappa shape index (κ3) is 20.8. The van der Waals surface area contributed by atoms with E-state index in [1.807, 2.05) is 33.3 Å². The van der Waals surface area contributed by atoms with Gasteiger partial charge in [0.05, 0.1) is 80.2 Å². The Morgan fingerprint density at radius 3 is 1.21 bits per heavy atom. The molecule has 24 heteroatoms. The van der Waals surface area contributed by atoms with Crippen LogP contribution in [0.1, 0.15) is 153 Å². The number of benzene rings is 3. The van der Waals surface area contributed by atoms with Crippen molar-refractivity contribution < 1.29 is 41.4 Å². The lowest BCUT2D eigenvalue weighted by Crippen LogP contribution is -2.63. The zero-order valence-electron chi connectivity index (χ0n) is 69.8. The van der Waals surface area contributed by atoms with E-state index in [2.05, 4.69) is 154 Å². The molecule has 10 atom stereocenters. The zero-order chi connectivity index (χ0) is 80.9. The van der Waals surface area contributed by atoms with Crippen LogP contribution in [0.4, 0.5) is 34.6 Å². The Hall–Kier alpha value is -7.20. The molecule has 0 unspecified atom stereocenters. The maximum Gasteiger partial charge on any atom is 0.241 e. The summed E-state index contributed by atoms with van der Waals surface area (Å²) in [6.45, 7) is 44.4. The highest BCUT2D eigenvalue weighted by Gasteiger charge is 2.46. The lowest BCUT2D eigenvalue weighted by Gasteiger charge is -2.46. The van der Waals surface area contributed by atoms with E-state index >= 15 is 0 Å². The van der Waals surface area contributed by atoms with E-state index < -0.39 is 6.17 Å². The number of aromatic nitrogens is 3. The van der Waals surface area contributed by atoms with E-state index in [0.29, 0.717) is 114 Å². The Morgan fingerprint density at radius 2 is 0.842 bits per heavy atom. The molecule has 6 fully saturated rings. The number of anilines is 3. The monoisotopic (exact) mass is 1570 g/mol. The Balaban J connectivity index is 0.000000149. The van der Waals surface area contributed by atoms with Gasteiger partial charge in [0.2, 0.25) is 17.7 Å². The second-order valence-corrected chi connectivity index (χ2v) is 36.6. The first-order chi connectivity index (χ1) is 54.4. The Labute approximate surface area is 674 Å². The van der Waals surface area contributed by atoms with Crippen molar-refractivity contribution in [3.8, 4) is 0 Å². The van der Waals surface area contributed by atoms with Gasteiger partial charge in [-0.05, 0) is 167 Å². The van der Waals surface area contributed by atoms with Crippen molar-refractivity contribution in [3.05, 3.63) is 178 Å². The van der Waals surface area contributed by atoms with Crippen LogP contribution in [0.2, 0.25) is 0 Å². The van der Waals surface area contributed by atoms with Crippen LogP contribution in [0, 0.1) is 23.4 Å². The molecule has 3 N–H and O–H groups in total. The summed E-state index contributed by atoms with van der Waals surface area (Å²) in [4.78, 5) is 76.2. The molecular formula is C90H125F4N15O5. The van der Waals surface area contributed by atoms with Crippen molar-refractivity contribution in [1.82, 2.24) is 60.3 Å². The first kappa shape index (κ1) is 84.7. The van der Waals surface area contributed by atoms with Gasteiger partial charge in [0.25, 0.3) is 0 Å². The van der Waals surface area contributed by atoms with Gasteiger partial charge in [0, 0.05) is 181 Å². The maximum absolute atomic E-state index is 14.0. The quantitative estimate of drug-likeness (QED) is 0.0653. The summed E-state index contributed by atoms with van der Waals surface area (Å²) < 4.78 is 65.6. The summed E-state index contributed by atoms with van der Waals surface area (Å²) in [5.41, 5.74) is 11.0. The van der Waals surface area contributed by atoms with E-state index in [0.717, 1.165) is 172 Å². The molecule has 15 rings (SSSR count). The topological polar surface area (TPSA) is 174 Å². The maximum atomic E-state index is 14.0. The number of piperazine rings is 3. The summed E-state index contributed by atoms with van der Waals surface area (Å²) in [7, 11) is 0. The second-order valence-electron chi connectivity index (χ2n) is 36.6. The summed E-state index contributed by atoms with van der Waals surface area (Å²) in [6.07, 6.45) is 8.40. The van der Waals surface area contributed by atoms with Crippen LogP contribution in [0.15, 0.2) is 110 Å². The number of nitrogens with zero attached hydrogens (tertiary/aromatic N) is 12. The molecule has 6 aromatic rings. The number of alkyl halides is 1. The number of hydrogen-bond donors (Lipinski definition) is 3. The number of amides is 3. The number of hydrogen-bond acceptors (Lipinski definition) is 17. The van der Waals surface area contributed by atoms with Gasteiger partial charge in [-0.3, -0.25) is 58.7 Å². The number of nitrogens with one attached hydrogen (secondary N) is 3. The fourth-order valence-corrected chi connectivity index (χ4v) is 18.7. The van der Waals surface area contributed by atoms with E-state index in [1.165, 1.54) is 36.4 Å². The molecule has 3 amide bonds. The molecule has 9 aliphatic rings. The van der Waals surface area contributed by atoms with Gasteiger partial charge >= 0.3 is 0 Å². The predicted octanol–water partition coefficient (Wildman–Crippen LogP) is 10.2. The van der Waals surface area contributed by atoms with Crippen LogP contribution in [0.3, 0.4) is 0 Å². The molecule has 0 saturated carbocycles. The number of pyridine rings is 3. The van der Waals surface area contributed by atoms with Crippen molar-refractivity contribution in [2.75, 3.05) is 159 Å². The van der Waals surface area contributed by atoms with Crippen molar-refractivity contribution in [2.45, 2.75) is 199 Å². The fraction of sp³-hybridized carbons (Fsp3) is 0.600. The summed E-state index contributed by atoms with van der Waals surface area (Å²) in [5, 5.41) is 10.8. The van der Waals surface area contributed by atoms with Crippen molar-refractivity contribution in [1.29, 1.82) is 0 Å². The Morgan fingerprint density at radius 1 is 0.474 bits per heavy atom. The molecule has 0 aliphatic carbocycles. The van der Waals surface area contributed by atoms with Crippen LogP contribution in [-0.2, 0) is 59.4 Å². The average Bonchev–Trinajstić information content (AvgIpc) is 1.62. The number of rotatable bonds is 19. The van der Waals surface area contributed by atoms with Gasteiger partial charge < -0.3 is 40.1 Å². The second kappa shape index (κ2) is 36.8. The van der Waals surface area contributed by atoms with Crippen molar-refractivity contribution in [3.63, 3.8) is 0 Å². The third-order valence-electron chi connectivity index (χ3n) is 25.0. The molecule has 0 bridgehead atoms. The number of morpholine rings is 2. The molecule has 20 nitrogen and oxygen atoms in total. The van der Waals surface area contributed by atoms with Crippen molar-refractivity contribution in [2.24, 2.45) is 5.92 Å².